The van der Waals surface area contributed by atoms with Gasteiger partial charge in [-0.3, -0.25) is 0 Å². The molecule has 0 unspecified atom stereocenters. The second kappa shape index (κ2) is 16.3. The maximum absolute atomic E-state index is 11.4. The molecule has 0 saturated heterocycles. The lowest BCUT2D eigenvalue weighted by Gasteiger charge is -2.34. The molecule has 7 aromatic carbocycles. The Morgan fingerprint density at radius 2 is 1.02 bits per heavy atom. The molecule has 0 spiro atoms. The molecule has 0 N–H and O–H groups in total. The molecule has 10 nitrogen and oxygen atoms in total. The van der Waals surface area contributed by atoms with Crippen molar-refractivity contribution in [1.82, 2.24) is 9.97 Å². The number of carbonyl (C=O) groups excluding carboxylic acids is 2. The molecular formula is C53H38N2O8. The fourth-order valence-electron chi connectivity index (χ4n) is 8.43. The summed E-state index contributed by atoms with van der Waals surface area (Å²) in [7, 11) is 0. The predicted octanol–water partition coefficient (Wildman–Crippen LogP) is 11.0. The molecule has 0 saturated carbocycles. The first kappa shape index (κ1) is 38.9. The SMILES string of the molecule is C=CC(=O)OCCOc1ccc(-c2nc3cc(C4(c5ccc6oc(-c7ccc(OCCOC(=O)C=C)cc7)nc6c5)c5ccccc5-c5cc6ccccc6cc54)ccc3o2)cc1. The van der Waals surface area contributed by atoms with E-state index in [0.717, 1.165) is 67.4 Å². The third-order valence-electron chi connectivity index (χ3n) is 11.3. The Bertz CT molecular complexity index is 3070. The molecule has 63 heavy (non-hydrogen) atoms. The summed E-state index contributed by atoms with van der Waals surface area (Å²) in [6.07, 6.45) is 2.24. The lowest BCUT2D eigenvalue weighted by Crippen LogP contribution is -2.28. The minimum atomic E-state index is -0.769. The lowest BCUT2D eigenvalue weighted by atomic mass is 9.67. The van der Waals surface area contributed by atoms with Crippen LogP contribution >= 0.6 is 0 Å². The van der Waals surface area contributed by atoms with Crippen molar-refractivity contribution in [2.45, 2.75) is 5.41 Å². The molecular weight excluding hydrogens is 793 g/mol. The van der Waals surface area contributed by atoms with Crippen LogP contribution in [0.3, 0.4) is 0 Å². The van der Waals surface area contributed by atoms with Gasteiger partial charge in [0.1, 0.15) is 49.0 Å². The summed E-state index contributed by atoms with van der Waals surface area (Å²) in [4.78, 5) is 32.8. The molecule has 10 rings (SSSR count). The summed E-state index contributed by atoms with van der Waals surface area (Å²) >= 11 is 0. The molecule has 1 aliphatic carbocycles. The fraction of sp³-hybridized carbons (Fsp3) is 0.0943. The Morgan fingerprint density at radius 3 is 1.54 bits per heavy atom. The van der Waals surface area contributed by atoms with Crippen LogP contribution in [0.5, 0.6) is 11.5 Å². The van der Waals surface area contributed by atoms with E-state index in [4.69, 9.17) is 37.7 Å². The second-order valence-electron chi connectivity index (χ2n) is 14.9. The fourth-order valence-corrected chi connectivity index (χ4v) is 8.43. The number of oxazole rings is 2. The molecule has 0 atom stereocenters. The topological polar surface area (TPSA) is 123 Å². The number of nitrogens with zero attached hydrogens (tertiary/aromatic N) is 2. The number of aromatic nitrogens is 2. The first-order valence-corrected chi connectivity index (χ1v) is 20.4. The molecule has 9 aromatic rings. The highest BCUT2D eigenvalue weighted by Gasteiger charge is 2.47. The van der Waals surface area contributed by atoms with Crippen LogP contribution in [-0.4, -0.2) is 48.3 Å². The van der Waals surface area contributed by atoms with E-state index < -0.39 is 17.4 Å². The Hall–Kier alpha value is -8.24. The van der Waals surface area contributed by atoms with E-state index in [2.05, 4.69) is 98.1 Å². The summed E-state index contributed by atoms with van der Waals surface area (Å²) in [6, 6.07) is 49.1. The molecule has 2 aromatic heterocycles. The van der Waals surface area contributed by atoms with Crippen molar-refractivity contribution in [3.05, 3.63) is 193 Å². The van der Waals surface area contributed by atoms with Crippen LogP contribution in [-0.2, 0) is 24.5 Å². The number of hydrogen-bond donors (Lipinski definition) is 0. The molecule has 0 fully saturated rings. The van der Waals surface area contributed by atoms with Gasteiger partial charge in [0.25, 0.3) is 0 Å². The van der Waals surface area contributed by atoms with E-state index in [1.807, 2.05) is 60.7 Å². The van der Waals surface area contributed by atoms with Gasteiger partial charge in [0.05, 0.1) is 5.41 Å². The van der Waals surface area contributed by atoms with E-state index in [1.54, 1.807) is 0 Å². The van der Waals surface area contributed by atoms with Crippen LogP contribution < -0.4 is 9.47 Å². The van der Waals surface area contributed by atoms with Gasteiger partial charge in [-0.05, 0) is 129 Å². The van der Waals surface area contributed by atoms with Crippen LogP contribution in [0.4, 0.5) is 0 Å². The largest absolute Gasteiger partial charge is 0.490 e. The van der Waals surface area contributed by atoms with Gasteiger partial charge in [-0.15, -0.1) is 0 Å². The van der Waals surface area contributed by atoms with Gasteiger partial charge in [0.15, 0.2) is 11.2 Å². The van der Waals surface area contributed by atoms with Gasteiger partial charge in [-0.25, -0.2) is 19.6 Å². The highest BCUT2D eigenvalue weighted by atomic mass is 16.6. The van der Waals surface area contributed by atoms with Crippen molar-refractivity contribution in [3.63, 3.8) is 0 Å². The number of rotatable bonds is 14. The molecule has 0 aliphatic heterocycles. The summed E-state index contributed by atoms with van der Waals surface area (Å²) in [5.41, 5.74) is 10.2. The predicted molar refractivity (Wildman–Crippen MR) is 241 cm³/mol. The highest BCUT2D eigenvalue weighted by Crippen LogP contribution is 2.57. The Labute approximate surface area is 361 Å². The van der Waals surface area contributed by atoms with Crippen LogP contribution in [0.1, 0.15) is 22.3 Å². The second-order valence-corrected chi connectivity index (χ2v) is 14.9. The van der Waals surface area contributed by atoms with Crippen molar-refractivity contribution >= 4 is 44.9 Å². The van der Waals surface area contributed by atoms with Gasteiger partial charge < -0.3 is 27.8 Å². The quantitative estimate of drug-likeness (QED) is 0.0594. The van der Waals surface area contributed by atoms with Crippen LogP contribution in [0.15, 0.2) is 180 Å². The van der Waals surface area contributed by atoms with E-state index in [9.17, 15) is 9.59 Å². The maximum Gasteiger partial charge on any atom is 0.330 e. The highest BCUT2D eigenvalue weighted by molar-refractivity contribution is 5.97. The number of carbonyl (C=O) groups is 2. The molecule has 308 valence electrons. The van der Waals surface area contributed by atoms with Gasteiger partial charge in [-0.2, -0.15) is 0 Å². The average Bonchev–Trinajstić information content (AvgIpc) is 4.04. The monoisotopic (exact) mass is 830 g/mol. The first-order chi connectivity index (χ1) is 30.9. The number of fused-ring (bicyclic) bond motifs is 6. The first-order valence-electron chi connectivity index (χ1n) is 20.4. The summed E-state index contributed by atoms with van der Waals surface area (Å²) < 4.78 is 34.2. The zero-order chi connectivity index (χ0) is 42.9. The van der Waals surface area contributed by atoms with E-state index >= 15 is 0 Å². The van der Waals surface area contributed by atoms with Crippen molar-refractivity contribution in [2.24, 2.45) is 0 Å². The molecule has 0 amide bonds. The summed E-state index contributed by atoms with van der Waals surface area (Å²) in [6.45, 7) is 7.47. The third-order valence-corrected chi connectivity index (χ3v) is 11.3. The van der Waals surface area contributed by atoms with Crippen molar-refractivity contribution < 1.29 is 37.4 Å². The third kappa shape index (κ3) is 7.17. The molecule has 1 aliphatic rings. The van der Waals surface area contributed by atoms with Crippen molar-refractivity contribution in [3.8, 4) is 45.5 Å². The van der Waals surface area contributed by atoms with E-state index in [0.29, 0.717) is 45.5 Å². The van der Waals surface area contributed by atoms with E-state index in [-0.39, 0.29) is 26.4 Å². The maximum atomic E-state index is 11.4. The Morgan fingerprint density at radius 1 is 0.524 bits per heavy atom. The average molecular weight is 831 g/mol. The number of esters is 2. The summed E-state index contributed by atoms with van der Waals surface area (Å²) in [5, 5.41) is 2.30. The van der Waals surface area contributed by atoms with Crippen LogP contribution in [0.2, 0.25) is 0 Å². The van der Waals surface area contributed by atoms with Gasteiger partial charge in [0.2, 0.25) is 11.8 Å². The van der Waals surface area contributed by atoms with Crippen molar-refractivity contribution in [1.29, 1.82) is 0 Å². The molecule has 0 bridgehead atoms. The van der Waals surface area contributed by atoms with Crippen LogP contribution in [0, 0.1) is 0 Å². The number of hydrogen-bond acceptors (Lipinski definition) is 10. The summed E-state index contributed by atoms with van der Waals surface area (Å²) in [5.74, 6) is 1.22. The normalized spacial score (nSPS) is 12.4. The molecule has 2 heterocycles. The number of ether oxygens (including phenoxy) is 4. The van der Waals surface area contributed by atoms with Gasteiger partial charge in [0, 0.05) is 23.3 Å². The van der Waals surface area contributed by atoms with Gasteiger partial charge in [-0.1, -0.05) is 73.8 Å². The smallest absolute Gasteiger partial charge is 0.330 e. The van der Waals surface area contributed by atoms with Gasteiger partial charge >= 0.3 is 11.9 Å². The zero-order valence-electron chi connectivity index (χ0n) is 33.9. The molecule has 0 radical (unpaired) electrons. The lowest BCUT2D eigenvalue weighted by molar-refractivity contribution is -0.139. The van der Waals surface area contributed by atoms with Crippen LogP contribution in [0.25, 0.3) is 67.0 Å². The minimum Gasteiger partial charge on any atom is -0.490 e. The van der Waals surface area contributed by atoms with Crippen molar-refractivity contribution in [2.75, 3.05) is 26.4 Å². The van der Waals surface area contributed by atoms with E-state index in [1.165, 1.54) is 0 Å². The number of benzene rings is 7. The zero-order valence-corrected chi connectivity index (χ0v) is 33.9. The minimum absolute atomic E-state index is 0.117. The molecule has 10 heteroatoms. The Kier molecular flexibility index (Phi) is 10.1. The standard InChI is InChI=1S/C53H38N2O8/c1-3-49(56)60-27-25-58-39-19-13-33(14-20-39)51-54-45-31-37(17-23-47(45)62-51)53(43-12-8-7-11-41(43)42-29-35-9-5-6-10-36(35)30-44(42)53)38-18-24-48-46(32-38)55-52(63-48)34-15-21-40(22-16-34)59-26-28-61-50(57)4-2/h3-24,29-32H,1-2,25-28H2. The Balaban J connectivity index is 1.04.